The van der Waals surface area contributed by atoms with Crippen LogP contribution in [-0.2, 0) is 9.84 Å². The van der Waals surface area contributed by atoms with E-state index in [2.05, 4.69) is 63.7 Å². The number of hydrogen-bond acceptors (Lipinski definition) is 2. The van der Waals surface area contributed by atoms with Gasteiger partial charge in [0.25, 0.3) is 0 Å². The van der Waals surface area contributed by atoms with Gasteiger partial charge in [0, 0.05) is 20.3 Å². The van der Waals surface area contributed by atoms with Crippen LogP contribution in [0.15, 0.2) is 0 Å². The third-order valence-electron chi connectivity index (χ3n) is 1.20. The van der Waals surface area contributed by atoms with Crippen molar-refractivity contribution in [3.63, 3.8) is 0 Å². The van der Waals surface area contributed by atoms with Crippen molar-refractivity contribution in [1.29, 1.82) is 0 Å². The van der Waals surface area contributed by atoms with E-state index in [1.165, 1.54) is 0 Å². The standard InChI is InChI=1S/C6H10Br4O2S/c7-1-5(9)3-13(11,12)4-6(10)2-8/h5-6H,1-4H2. The summed E-state index contributed by atoms with van der Waals surface area (Å²) in [7, 11) is -2.96. The fourth-order valence-corrected chi connectivity index (χ4v) is 5.66. The second kappa shape index (κ2) is 7.19. The third-order valence-corrected chi connectivity index (χ3v) is 8.48. The second-order valence-corrected chi connectivity index (χ2v) is 8.62. The van der Waals surface area contributed by atoms with Gasteiger partial charge in [0.15, 0.2) is 9.84 Å². The number of hydrogen-bond donors (Lipinski definition) is 0. The molecule has 2 unspecified atom stereocenters. The van der Waals surface area contributed by atoms with E-state index < -0.39 is 9.84 Å². The van der Waals surface area contributed by atoms with E-state index in [4.69, 9.17) is 0 Å². The van der Waals surface area contributed by atoms with Crippen LogP contribution >= 0.6 is 63.7 Å². The zero-order valence-electron chi connectivity index (χ0n) is 6.72. The van der Waals surface area contributed by atoms with E-state index in [0.29, 0.717) is 10.7 Å². The fourth-order valence-electron chi connectivity index (χ4n) is 0.708. The van der Waals surface area contributed by atoms with Crippen molar-refractivity contribution in [2.75, 3.05) is 22.2 Å². The van der Waals surface area contributed by atoms with Crippen LogP contribution in [0.4, 0.5) is 0 Å². The number of alkyl halides is 4. The molecule has 0 saturated carbocycles. The van der Waals surface area contributed by atoms with Gasteiger partial charge >= 0.3 is 0 Å². The Balaban J connectivity index is 4.09. The first kappa shape index (κ1) is 14.9. The highest BCUT2D eigenvalue weighted by molar-refractivity contribution is 9.12. The normalized spacial score (nSPS) is 16.9. The van der Waals surface area contributed by atoms with Crippen molar-refractivity contribution in [3.8, 4) is 0 Å². The Morgan fingerprint density at radius 2 is 1.23 bits per heavy atom. The van der Waals surface area contributed by atoms with Crippen molar-refractivity contribution >= 4 is 73.6 Å². The van der Waals surface area contributed by atoms with E-state index >= 15 is 0 Å². The van der Waals surface area contributed by atoms with Crippen LogP contribution in [0.1, 0.15) is 0 Å². The number of sulfone groups is 1. The fraction of sp³-hybridized carbons (Fsp3) is 1.00. The van der Waals surface area contributed by atoms with Gasteiger partial charge in [0.05, 0.1) is 11.5 Å². The zero-order chi connectivity index (χ0) is 10.5. The van der Waals surface area contributed by atoms with E-state index in [-0.39, 0.29) is 21.2 Å². The van der Waals surface area contributed by atoms with Gasteiger partial charge in [0.1, 0.15) is 0 Å². The van der Waals surface area contributed by atoms with Gasteiger partial charge in [0.2, 0.25) is 0 Å². The molecule has 0 aromatic rings. The van der Waals surface area contributed by atoms with Crippen molar-refractivity contribution < 1.29 is 8.42 Å². The zero-order valence-corrected chi connectivity index (χ0v) is 13.9. The first-order valence-electron chi connectivity index (χ1n) is 3.51. The predicted molar refractivity (Wildman–Crippen MR) is 71.7 cm³/mol. The van der Waals surface area contributed by atoms with Crippen LogP contribution in [0.25, 0.3) is 0 Å². The predicted octanol–water partition coefficient (Wildman–Crippen LogP) is 2.72. The second-order valence-electron chi connectivity index (χ2n) is 2.58. The average Bonchev–Trinajstić information content (AvgIpc) is 2.02. The van der Waals surface area contributed by atoms with Crippen molar-refractivity contribution in [2.24, 2.45) is 0 Å². The summed E-state index contributed by atoms with van der Waals surface area (Å²) in [5.74, 6) is 0.348. The maximum Gasteiger partial charge on any atom is 0.152 e. The highest BCUT2D eigenvalue weighted by atomic mass is 79.9. The van der Waals surface area contributed by atoms with Gasteiger partial charge in [-0.1, -0.05) is 63.7 Å². The Bertz CT molecular complexity index is 211. The SMILES string of the molecule is O=S(=O)(CC(Br)CBr)CC(Br)CBr. The molecule has 0 aromatic heterocycles. The highest BCUT2D eigenvalue weighted by Gasteiger charge is 2.19. The molecule has 0 amide bonds. The van der Waals surface area contributed by atoms with E-state index in [1.807, 2.05) is 0 Å². The summed E-state index contributed by atoms with van der Waals surface area (Å²) in [6, 6.07) is 0. The van der Waals surface area contributed by atoms with Gasteiger partial charge in [-0.3, -0.25) is 0 Å². The molecule has 2 atom stereocenters. The lowest BCUT2D eigenvalue weighted by Crippen LogP contribution is -2.24. The summed E-state index contributed by atoms with van der Waals surface area (Å²) in [5, 5.41) is 1.29. The van der Waals surface area contributed by atoms with Gasteiger partial charge in [-0.25, -0.2) is 8.42 Å². The largest absolute Gasteiger partial charge is 0.229 e. The van der Waals surface area contributed by atoms with E-state index in [1.54, 1.807) is 0 Å². The van der Waals surface area contributed by atoms with E-state index in [0.717, 1.165) is 0 Å². The molecule has 7 heteroatoms. The molecule has 0 bridgehead atoms. The molecule has 80 valence electrons. The molecule has 0 aromatic carbocycles. The van der Waals surface area contributed by atoms with E-state index in [9.17, 15) is 8.42 Å². The molecule has 0 N–H and O–H groups in total. The lowest BCUT2D eigenvalue weighted by molar-refractivity contribution is 0.595. The Morgan fingerprint density at radius 3 is 1.46 bits per heavy atom. The summed E-state index contributed by atoms with van der Waals surface area (Å²) in [6.07, 6.45) is 0. The smallest absolute Gasteiger partial charge is 0.152 e. The lowest BCUT2D eigenvalue weighted by atomic mass is 10.6. The Labute approximate surface area is 113 Å². The van der Waals surface area contributed by atoms with Crippen molar-refractivity contribution in [2.45, 2.75) is 9.65 Å². The van der Waals surface area contributed by atoms with Crippen LogP contribution in [0.3, 0.4) is 0 Å². The topological polar surface area (TPSA) is 34.1 Å². The maximum absolute atomic E-state index is 11.5. The Kier molecular flexibility index (Phi) is 8.23. The number of halogens is 4. The van der Waals surface area contributed by atoms with Crippen LogP contribution in [0, 0.1) is 0 Å². The average molecular weight is 466 g/mol. The minimum atomic E-state index is -2.96. The summed E-state index contributed by atoms with van der Waals surface area (Å²) in [5.41, 5.74) is 0. The minimum Gasteiger partial charge on any atom is -0.229 e. The molecule has 0 fully saturated rings. The Hall–Kier alpha value is 1.87. The monoisotopic (exact) mass is 462 g/mol. The summed E-state index contributed by atoms with van der Waals surface area (Å²) >= 11 is 13.0. The molecular weight excluding hydrogens is 456 g/mol. The maximum atomic E-state index is 11.5. The van der Waals surface area contributed by atoms with Crippen molar-refractivity contribution in [3.05, 3.63) is 0 Å². The Morgan fingerprint density at radius 1 is 0.923 bits per heavy atom. The quantitative estimate of drug-likeness (QED) is 0.565. The van der Waals surface area contributed by atoms with Crippen LogP contribution in [0.2, 0.25) is 0 Å². The lowest BCUT2D eigenvalue weighted by Gasteiger charge is -2.09. The van der Waals surface area contributed by atoms with Gasteiger partial charge in [-0.15, -0.1) is 0 Å². The van der Waals surface area contributed by atoms with Crippen LogP contribution in [0.5, 0.6) is 0 Å². The molecule has 2 nitrogen and oxygen atoms in total. The molecule has 0 saturated heterocycles. The van der Waals surface area contributed by atoms with Crippen LogP contribution < -0.4 is 0 Å². The van der Waals surface area contributed by atoms with Crippen LogP contribution in [-0.4, -0.2) is 40.2 Å². The van der Waals surface area contributed by atoms with Crippen molar-refractivity contribution in [1.82, 2.24) is 0 Å². The molecule has 0 radical (unpaired) electrons. The molecule has 0 heterocycles. The molecule has 0 spiro atoms. The first-order chi connectivity index (χ1) is 5.91. The molecule has 0 aliphatic rings. The molecule has 13 heavy (non-hydrogen) atoms. The molecule has 0 rings (SSSR count). The summed E-state index contributed by atoms with van der Waals surface area (Å²) in [6.45, 7) is 0. The summed E-state index contributed by atoms with van der Waals surface area (Å²) in [4.78, 5) is -0.0138. The minimum absolute atomic E-state index is 0.00692. The third kappa shape index (κ3) is 7.76. The number of rotatable bonds is 6. The molecular formula is C6H10Br4O2S. The first-order valence-corrected chi connectivity index (χ1v) is 9.41. The molecule has 0 aliphatic heterocycles. The summed E-state index contributed by atoms with van der Waals surface area (Å²) < 4.78 is 22.9. The van der Waals surface area contributed by atoms with Gasteiger partial charge in [-0.2, -0.15) is 0 Å². The highest BCUT2D eigenvalue weighted by Crippen LogP contribution is 2.12. The van der Waals surface area contributed by atoms with Gasteiger partial charge in [-0.05, 0) is 0 Å². The van der Waals surface area contributed by atoms with Gasteiger partial charge < -0.3 is 0 Å². The molecule has 0 aliphatic carbocycles.